The molecule has 0 radical (unpaired) electrons. The summed E-state index contributed by atoms with van der Waals surface area (Å²) in [4.78, 5) is 4.16. The van der Waals surface area contributed by atoms with Crippen LogP contribution in [-0.2, 0) is 18.4 Å². The molecular formula is C9H14ClN3O. The molecule has 78 valence electrons. The van der Waals surface area contributed by atoms with Gasteiger partial charge in [-0.2, -0.15) is 0 Å². The molecule has 2 heterocycles. The van der Waals surface area contributed by atoms with Gasteiger partial charge in [0, 0.05) is 13.6 Å². The number of rotatable bonds is 3. The highest BCUT2D eigenvalue weighted by Crippen LogP contribution is 2.12. The molecular weight excluding hydrogens is 202 g/mol. The minimum atomic E-state index is 0.325. The first kappa shape index (κ1) is 9.96. The highest BCUT2D eigenvalue weighted by atomic mass is 35.5. The van der Waals surface area contributed by atoms with Gasteiger partial charge in [-0.05, 0) is 13.0 Å². The summed E-state index contributed by atoms with van der Waals surface area (Å²) in [5.74, 6) is 0.877. The first-order chi connectivity index (χ1) is 6.77. The second-order valence-electron chi connectivity index (χ2n) is 3.48. The van der Waals surface area contributed by atoms with E-state index in [1.54, 1.807) is 6.20 Å². The van der Waals surface area contributed by atoms with E-state index in [1.165, 1.54) is 0 Å². The van der Waals surface area contributed by atoms with E-state index in [4.69, 9.17) is 16.3 Å². The van der Waals surface area contributed by atoms with Gasteiger partial charge in [0.2, 0.25) is 0 Å². The van der Waals surface area contributed by atoms with E-state index in [2.05, 4.69) is 10.3 Å². The van der Waals surface area contributed by atoms with Crippen LogP contribution < -0.4 is 5.32 Å². The Morgan fingerprint density at radius 1 is 1.79 bits per heavy atom. The fourth-order valence-electron chi connectivity index (χ4n) is 1.52. The molecule has 1 aromatic heterocycles. The number of hydrogen-bond donors (Lipinski definition) is 1. The van der Waals surface area contributed by atoms with Crippen molar-refractivity contribution in [3.05, 3.63) is 17.2 Å². The van der Waals surface area contributed by atoms with Crippen LogP contribution in [0.1, 0.15) is 12.2 Å². The van der Waals surface area contributed by atoms with Gasteiger partial charge in [0.15, 0.2) is 0 Å². The Kier molecular flexibility index (Phi) is 3.05. The first-order valence-corrected chi connectivity index (χ1v) is 5.13. The fourth-order valence-corrected chi connectivity index (χ4v) is 1.67. The number of imidazole rings is 1. The lowest BCUT2D eigenvalue weighted by atomic mass is 10.3. The van der Waals surface area contributed by atoms with Crippen molar-refractivity contribution in [2.45, 2.75) is 19.1 Å². The molecule has 0 amide bonds. The maximum Gasteiger partial charge on any atom is 0.135 e. The van der Waals surface area contributed by atoms with E-state index in [0.29, 0.717) is 17.9 Å². The second kappa shape index (κ2) is 4.29. The summed E-state index contributed by atoms with van der Waals surface area (Å²) in [5.41, 5.74) is 0. The third-order valence-corrected chi connectivity index (χ3v) is 2.84. The highest BCUT2D eigenvalue weighted by molar-refractivity contribution is 6.29. The molecule has 5 heteroatoms. The SMILES string of the molecule is Cn1c(Cl)cnc1COC1CCNC1. The van der Waals surface area contributed by atoms with Crippen LogP contribution in [0.4, 0.5) is 0 Å². The summed E-state index contributed by atoms with van der Waals surface area (Å²) >= 11 is 5.86. The zero-order valence-corrected chi connectivity index (χ0v) is 8.92. The van der Waals surface area contributed by atoms with Crippen LogP contribution in [0.25, 0.3) is 0 Å². The smallest absolute Gasteiger partial charge is 0.135 e. The maximum atomic E-state index is 5.86. The van der Waals surface area contributed by atoms with Crippen molar-refractivity contribution in [3.8, 4) is 0 Å². The van der Waals surface area contributed by atoms with Crippen LogP contribution in [0.15, 0.2) is 6.20 Å². The Morgan fingerprint density at radius 3 is 3.21 bits per heavy atom. The fraction of sp³-hybridized carbons (Fsp3) is 0.667. The minimum absolute atomic E-state index is 0.325. The van der Waals surface area contributed by atoms with Crippen LogP contribution >= 0.6 is 11.6 Å². The van der Waals surface area contributed by atoms with Crippen LogP contribution in [0.5, 0.6) is 0 Å². The lowest BCUT2D eigenvalue weighted by Gasteiger charge is -2.09. The molecule has 1 saturated heterocycles. The van der Waals surface area contributed by atoms with Crippen LogP contribution in [-0.4, -0.2) is 28.7 Å². The molecule has 0 aliphatic carbocycles. The topological polar surface area (TPSA) is 39.1 Å². The Hall–Kier alpha value is -0.580. The third kappa shape index (κ3) is 2.08. The van der Waals surface area contributed by atoms with E-state index in [0.717, 1.165) is 25.3 Å². The minimum Gasteiger partial charge on any atom is -0.369 e. The summed E-state index contributed by atoms with van der Waals surface area (Å²) < 4.78 is 7.52. The molecule has 1 fully saturated rings. The van der Waals surface area contributed by atoms with Crippen molar-refractivity contribution in [3.63, 3.8) is 0 Å². The summed E-state index contributed by atoms with van der Waals surface area (Å²) in [7, 11) is 1.89. The van der Waals surface area contributed by atoms with Gasteiger partial charge in [0.1, 0.15) is 17.6 Å². The quantitative estimate of drug-likeness (QED) is 0.816. The molecule has 2 rings (SSSR count). The largest absolute Gasteiger partial charge is 0.369 e. The summed E-state index contributed by atoms with van der Waals surface area (Å²) in [6.07, 6.45) is 3.05. The molecule has 1 aliphatic heterocycles. The van der Waals surface area contributed by atoms with Crippen molar-refractivity contribution in [2.75, 3.05) is 13.1 Å². The maximum absolute atomic E-state index is 5.86. The van der Waals surface area contributed by atoms with Crippen LogP contribution in [0, 0.1) is 0 Å². The first-order valence-electron chi connectivity index (χ1n) is 4.76. The molecule has 0 spiro atoms. The van der Waals surface area contributed by atoms with Gasteiger partial charge in [-0.15, -0.1) is 0 Å². The predicted molar refractivity (Wildman–Crippen MR) is 54.3 cm³/mol. The molecule has 1 atom stereocenters. The molecule has 4 nitrogen and oxygen atoms in total. The van der Waals surface area contributed by atoms with Crippen molar-refractivity contribution in [1.82, 2.24) is 14.9 Å². The van der Waals surface area contributed by atoms with Gasteiger partial charge in [-0.3, -0.25) is 0 Å². The molecule has 1 aromatic rings. The Morgan fingerprint density at radius 2 is 2.64 bits per heavy atom. The molecule has 1 N–H and O–H groups in total. The number of ether oxygens (including phenoxy) is 1. The number of hydrogen-bond acceptors (Lipinski definition) is 3. The third-order valence-electron chi connectivity index (χ3n) is 2.49. The lowest BCUT2D eigenvalue weighted by molar-refractivity contribution is 0.0488. The zero-order valence-electron chi connectivity index (χ0n) is 8.16. The van der Waals surface area contributed by atoms with Gasteiger partial charge in [0.05, 0.1) is 12.3 Å². The van der Waals surface area contributed by atoms with Crippen molar-refractivity contribution >= 4 is 11.6 Å². The number of nitrogens with zero attached hydrogens (tertiary/aromatic N) is 2. The van der Waals surface area contributed by atoms with Crippen molar-refractivity contribution in [2.24, 2.45) is 7.05 Å². The Labute approximate surface area is 88.2 Å². The molecule has 1 unspecified atom stereocenters. The van der Waals surface area contributed by atoms with E-state index < -0.39 is 0 Å². The van der Waals surface area contributed by atoms with E-state index >= 15 is 0 Å². The molecule has 0 bridgehead atoms. The highest BCUT2D eigenvalue weighted by Gasteiger charge is 2.15. The van der Waals surface area contributed by atoms with Crippen LogP contribution in [0.3, 0.4) is 0 Å². The number of aromatic nitrogens is 2. The average molecular weight is 216 g/mol. The molecule has 1 aliphatic rings. The van der Waals surface area contributed by atoms with Gasteiger partial charge in [-0.1, -0.05) is 11.6 Å². The normalized spacial score (nSPS) is 21.7. The Balaban J connectivity index is 1.88. The van der Waals surface area contributed by atoms with Gasteiger partial charge < -0.3 is 14.6 Å². The summed E-state index contributed by atoms with van der Waals surface area (Å²) in [6.45, 7) is 2.53. The van der Waals surface area contributed by atoms with Gasteiger partial charge in [-0.25, -0.2) is 4.98 Å². The second-order valence-corrected chi connectivity index (χ2v) is 3.87. The summed E-state index contributed by atoms with van der Waals surface area (Å²) in [5, 5.41) is 3.90. The number of nitrogens with one attached hydrogen (secondary N) is 1. The van der Waals surface area contributed by atoms with Crippen LogP contribution in [0.2, 0.25) is 5.15 Å². The van der Waals surface area contributed by atoms with E-state index in [-0.39, 0.29) is 0 Å². The van der Waals surface area contributed by atoms with E-state index in [1.807, 2.05) is 11.6 Å². The van der Waals surface area contributed by atoms with Gasteiger partial charge in [0.25, 0.3) is 0 Å². The monoisotopic (exact) mass is 215 g/mol. The standard InChI is InChI=1S/C9H14ClN3O/c1-13-8(10)5-12-9(13)6-14-7-2-3-11-4-7/h5,7,11H,2-4,6H2,1H3. The molecule has 14 heavy (non-hydrogen) atoms. The average Bonchev–Trinajstić information content (AvgIpc) is 2.77. The predicted octanol–water partition coefficient (Wildman–Crippen LogP) is 0.952. The van der Waals surface area contributed by atoms with Crippen molar-refractivity contribution in [1.29, 1.82) is 0 Å². The van der Waals surface area contributed by atoms with E-state index in [9.17, 15) is 0 Å². The molecule has 0 saturated carbocycles. The number of halogens is 1. The van der Waals surface area contributed by atoms with Crippen molar-refractivity contribution < 1.29 is 4.74 Å². The summed E-state index contributed by atoms with van der Waals surface area (Å²) in [6, 6.07) is 0. The molecule has 0 aromatic carbocycles. The van der Waals surface area contributed by atoms with Gasteiger partial charge >= 0.3 is 0 Å². The Bertz CT molecular complexity index is 307. The zero-order chi connectivity index (χ0) is 9.97. The lowest BCUT2D eigenvalue weighted by Crippen LogP contribution is -2.17.